The Morgan fingerprint density at radius 1 is 0.900 bits per heavy atom. The van der Waals surface area contributed by atoms with Crippen molar-refractivity contribution in [2.45, 2.75) is 6.92 Å². The van der Waals surface area contributed by atoms with Gasteiger partial charge in [0.1, 0.15) is 0 Å². The molecule has 0 saturated heterocycles. The molecule has 0 radical (unpaired) electrons. The Kier molecular flexibility index (Phi) is 5.77. The predicted molar refractivity (Wildman–Crippen MR) is 121 cm³/mol. The maximum absolute atomic E-state index is 12.8. The number of amides is 1. The highest BCUT2D eigenvalue weighted by molar-refractivity contribution is 6.31. The van der Waals surface area contributed by atoms with E-state index in [4.69, 9.17) is 34.8 Å². The van der Waals surface area contributed by atoms with Gasteiger partial charge in [-0.05, 0) is 61.0 Å². The van der Waals surface area contributed by atoms with Gasteiger partial charge in [0.25, 0.3) is 5.91 Å². The molecule has 0 fully saturated rings. The van der Waals surface area contributed by atoms with Gasteiger partial charge in [0.15, 0.2) is 5.82 Å². The molecule has 0 saturated carbocycles. The molecule has 1 amide bonds. The highest BCUT2D eigenvalue weighted by atomic mass is 35.5. The van der Waals surface area contributed by atoms with Crippen LogP contribution in [0.1, 0.15) is 16.2 Å². The van der Waals surface area contributed by atoms with Crippen molar-refractivity contribution in [2.24, 2.45) is 0 Å². The van der Waals surface area contributed by atoms with Gasteiger partial charge >= 0.3 is 0 Å². The average Bonchev–Trinajstić information content (AvgIpc) is 3.17. The number of nitrogens with zero attached hydrogens (tertiary/aromatic N) is 3. The van der Waals surface area contributed by atoms with E-state index in [0.29, 0.717) is 26.6 Å². The molecule has 0 aliphatic carbocycles. The van der Waals surface area contributed by atoms with Crippen LogP contribution in [-0.2, 0) is 0 Å². The molecular weight excluding hydrogens is 443 g/mol. The minimum atomic E-state index is -0.445. The van der Waals surface area contributed by atoms with Crippen LogP contribution in [0, 0.1) is 6.92 Å². The Labute approximate surface area is 188 Å². The molecule has 4 aromatic rings. The largest absolute Gasteiger partial charge is 0.319 e. The van der Waals surface area contributed by atoms with Gasteiger partial charge < -0.3 is 5.32 Å². The van der Waals surface area contributed by atoms with E-state index in [1.807, 2.05) is 25.1 Å². The fourth-order valence-corrected chi connectivity index (χ4v) is 3.40. The number of halogens is 3. The van der Waals surface area contributed by atoms with Crippen LogP contribution in [0.4, 0.5) is 5.69 Å². The van der Waals surface area contributed by atoms with Gasteiger partial charge in [-0.1, -0.05) is 53.0 Å². The van der Waals surface area contributed by atoms with E-state index in [1.54, 1.807) is 53.2 Å². The quantitative estimate of drug-likeness (QED) is 0.383. The standard InChI is InChI=1S/C22H15Cl3N4O/c1-13-5-6-17(25)12-19(13)29-21(14-3-2-4-16(24)11-14)27-20(28-29)22(30)26-18-9-7-15(23)8-10-18/h2-12H,1H3,(H,26,30). The third kappa shape index (κ3) is 4.33. The monoisotopic (exact) mass is 456 g/mol. The molecule has 8 heteroatoms. The molecule has 0 unspecified atom stereocenters. The van der Waals surface area contributed by atoms with Crippen LogP contribution in [-0.4, -0.2) is 20.7 Å². The maximum Gasteiger partial charge on any atom is 0.295 e. The number of hydrogen-bond donors (Lipinski definition) is 1. The van der Waals surface area contributed by atoms with Crippen LogP contribution >= 0.6 is 34.8 Å². The van der Waals surface area contributed by atoms with E-state index in [2.05, 4.69) is 15.4 Å². The van der Waals surface area contributed by atoms with E-state index in [0.717, 1.165) is 16.8 Å². The van der Waals surface area contributed by atoms with Crippen molar-refractivity contribution in [3.63, 3.8) is 0 Å². The molecule has 0 spiro atoms. The van der Waals surface area contributed by atoms with E-state index < -0.39 is 5.91 Å². The second-order valence-electron chi connectivity index (χ2n) is 6.57. The predicted octanol–water partition coefficient (Wildman–Crippen LogP) is 6.46. The van der Waals surface area contributed by atoms with Gasteiger partial charge in [-0.15, -0.1) is 5.10 Å². The lowest BCUT2D eigenvalue weighted by atomic mass is 10.2. The Balaban J connectivity index is 1.80. The van der Waals surface area contributed by atoms with Crippen molar-refractivity contribution in [2.75, 3.05) is 5.32 Å². The zero-order valence-electron chi connectivity index (χ0n) is 15.7. The highest BCUT2D eigenvalue weighted by Crippen LogP contribution is 2.27. The number of anilines is 1. The lowest BCUT2D eigenvalue weighted by Crippen LogP contribution is -2.14. The van der Waals surface area contributed by atoms with Crippen molar-refractivity contribution in [1.82, 2.24) is 14.8 Å². The van der Waals surface area contributed by atoms with Gasteiger partial charge in [-0.3, -0.25) is 4.79 Å². The van der Waals surface area contributed by atoms with Gasteiger partial charge in [-0.25, -0.2) is 9.67 Å². The molecule has 0 aliphatic rings. The molecule has 5 nitrogen and oxygen atoms in total. The normalized spacial score (nSPS) is 10.8. The Morgan fingerprint density at radius 2 is 1.60 bits per heavy atom. The summed E-state index contributed by atoms with van der Waals surface area (Å²) in [6.07, 6.45) is 0. The summed E-state index contributed by atoms with van der Waals surface area (Å²) in [7, 11) is 0. The molecule has 4 rings (SSSR count). The van der Waals surface area contributed by atoms with Crippen LogP contribution in [0.3, 0.4) is 0 Å². The Hall–Kier alpha value is -2.86. The molecule has 3 aromatic carbocycles. The van der Waals surface area contributed by atoms with Crippen molar-refractivity contribution in [1.29, 1.82) is 0 Å². The smallest absolute Gasteiger partial charge is 0.295 e. The first-order valence-corrected chi connectivity index (χ1v) is 10.1. The summed E-state index contributed by atoms with van der Waals surface area (Å²) in [6.45, 7) is 1.93. The van der Waals surface area contributed by atoms with Crippen LogP contribution in [0.5, 0.6) is 0 Å². The topological polar surface area (TPSA) is 59.8 Å². The first-order valence-electron chi connectivity index (χ1n) is 8.97. The van der Waals surface area contributed by atoms with Gasteiger partial charge in [0.05, 0.1) is 5.69 Å². The summed E-state index contributed by atoms with van der Waals surface area (Å²) in [4.78, 5) is 17.3. The molecular formula is C22H15Cl3N4O. The third-order valence-corrected chi connectivity index (χ3v) is 5.12. The first kappa shape index (κ1) is 20.4. The summed E-state index contributed by atoms with van der Waals surface area (Å²) < 4.78 is 1.60. The lowest BCUT2D eigenvalue weighted by Gasteiger charge is -2.09. The van der Waals surface area contributed by atoms with Crippen molar-refractivity contribution >= 4 is 46.4 Å². The van der Waals surface area contributed by atoms with Crippen LogP contribution in [0.15, 0.2) is 66.7 Å². The molecule has 0 bridgehead atoms. The minimum absolute atomic E-state index is 0.0132. The van der Waals surface area contributed by atoms with Crippen LogP contribution in [0.25, 0.3) is 17.1 Å². The van der Waals surface area contributed by atoms with Gasteiger partial charge in [-0.2, -0.15) is 0 Å². The molecule has 30 heavy (non-hydrogen) atoms. The number of carbonyl (C=O) groups is 1. The number of rotatable bonds is 4. The second kappa shape index (κ2) is 8.48. The summed E-state index contributed by atoms with van der Waals surface area (Å²) in [6, 6.07) is 19.5. The fraction of sp³-hybridized carbons (Fsp3) is 0.0455. The number of carbonyl (C=O) groups excluding carboxylic acids is 1. The SMILES string of the molecule is Cc1ccc(Cl)cc1-n1nc(C(=O)Nc2ccc(Cl)cc2)nc1-c1cccc(Cl)c1. The van der Waals surface area contributed by atoms with Gasteiger partial charge in [0.2, 0.25) is 5.82 Å². The minimum Gasteiger partial charge on any atom is -0.319 e. The number of aromatic nitrogens is 3. The number of aryl methyl sites for hydroxylation is 1. The van der Waals surface area contributed by atoms with Crippen molar-refractivity contribution in [3.05, 3.63) is 93.2 Å². The Morgan fingerprint density at radius 3 is 2.33 bits per heavy atom. The molecule has 1 heterocycles. The summed E-state index contributed by atoms with van der Waals surface area (Å²) in [5.41, 5.74) is 2.96. The van der Waals surface area contributed by atoms with Crippen molar-refractivity contribution < 1.29 is 4.79 Å². The van der Waals surface area contributed by atoms with Gasteiger partial charge in [0, 0.05) is 26.3 Å². The van der Waals surface area contributed by atoms with Crippen molar-refractivity contribution in [3.8, 4) is 17.1 Å². The maximum atomic E-state index is 12.8. The zero-order chi connectivity index (χ0) is 21.3. The summed E-state index contributed by atoms with van der Waals surface area (Å²) >= 11 is 18.3. The first-order chi connectivity index (χ1) is 14.4. The average molecular weight is 458 g/mol. The molecule has 1 aromatic heterocycles. The summed E-state index contributed by atoms with van der Waals surface area (Å²) in [5.74, 6) is 0.0439. The van der Waals surface area contributed by atoms with E-state index in [1.165, 1.54) is 0 Å². The zero-order valence-corrected chi connectivity index (χ0v) is 18.0. The molecule has 1 N–H and O–H groups in total. The molecule has 0 aliphatic heterocycles. The van der Waals surface area contributed by atoms with E-state index in [9.17, 15) is 4.79 Å². The Bertz CT molecular complexity index is 1240. The number of nitrogens with one attached hydrogen (secondary N) is 1. The summed E-state index contributed by atoms with van der Waals surface area (Å²) in [5, 5.41) is 8.93. The van der Waals surface area contributed by atoms with Crippen LogP contribution in [0.2, 0.25) is 15.1 Å². The lowest BCUT2D eigenvalue weighted by molar-refractivity contribution is 0.101. The third-order valence-electron chi connectivity index (χ3n) is 4.39. The van der Waals surface area contributed by atoms with E-state index in [-0.39, 0.29) is 5.82 Å². The number of hydrogen-bond acceptors (Lipinski definition) is 3. The molecule has 0 atom stereocenters. The van der Waals surface area contributed by atoms with E-state index >= 15 is 0 Å². The fourth-order valence-electron chi connectivity index (χ4n) is 2.92. The highest BCUT2D eigenvalue weighted by Gasteiger charge is 2.20. The second-order valence-corrected chi connectivity index (χ2v) is 7.88. The van der Waals surface area contributed by atoms with Crippen LogP contribution < -0.4 is 5.32 Å². The molecule has 150 valence electrons. The number of benzene rings is 3.